The number of ether oxygens (including phenoxy) is 2. The number of carbonyl (C=O) groups excluding carboxylic acids is 1. The second kappa shape index (κ2) is 8.95. The van der Waals surface area contributed by atoms with E-state index in [0.29, 0.717) is 38.2 Å². The van der Waals surface area contributed by atoms with Crippen molar-refractivity contribution in [1.29, 1.82) is 0 Å². The minimum Gasteiger partial charge on any atom is -0.511 e. The Morgan fingerprint density at radius 1 is 1.24 bits per heavy atom. The largest absolute Gasteiger partial charge is 0.511 e. The summed E-state index contributed by atoms with van der Waals surface area (Å²) in [5.74, 6) is 0.306. The molecule has 3 aliphatic rings. The van der Waals surface area contributed by atoms with Gasteiger partial charge in [-0.15, -0.1) is 0 Å². The lowest BCUT2D eigenvalue weighted by Gasteiger charge is -2.39. The van der Waals surface area contributed by atoms with Crippen LogP contribution < -0.4 is 0 Å². The molecule has 25 heavy (non-hydrogen) atoms. The van der Waals surface area contributed by atoms with E-state index in [0.717, 1.165) is 38.7 Å². The lowest BCUT2D eigenvalue weighted by Crippen LogP contribution is -2.33. The molecule has 1 unspecified atom stereocenters. The van der Waals surface area contributed by atoms with Crippen molar-refractivity contribution in [3.05, 3.63) is 11.3 Å². The fraction of sp³-hybridized carbons (Fsp3) is 0.800. The third-order valence-corrected chi connectivity index (χ3v) is 5.73. The molecule has 3 rings (SSSR count). The molecule has 0 radical (unpaired) electrons. The first-order chi connectivity index (χ1) is 12.2. The Bertz CT molecular complexity index is 514. The molecule has 2 fully saturated rings. The SMILES string of the molecule is O=C1CC2(CCCCC2)CC(O)=C1C=NCCCOCC1CCCO1. The number of Topliss-reactive ketones (excluding diaryl/α,β-unsaturated/α-hetero) is 1. The van der Waals surface area contributed by atoms with Crippen molar-refractivity contribution >= 4 is 12.0 Å². The molecule has 1 atom stereocenters. The number of carbonyl (C=O) groups is 1. The molecule has 140 valence electrons. The van der Waals surface area contributed by atoms with Gasteiger partial charge in [0.2, 0.25) is 0 Å². The summed E-state index contributed by atoms with van der Waals surface area (Å²) in [7, 11) is 0. The molecule has 0 aromatic carbocycles. The number of aliphatic hydroxyl groups is 1. The molecule has 1 spiro atoms. The first-order valence-electron chi connectivity index (χ1n) is 9.83. The standard InChI is InChI=1S/C20H31NO4/c22-18-12-20(7-2-1-3-8-20)13-19(23)17(18)14-21-9-5-10-24-15-16-6-4-11-25-16/h14,16,22H,1-13,15H2. The van der Waals surface area contributed by atoms with E-state index in [-0.39, 0.29) is 23.1 Å². The van der Waals surface area contributed by atoms with Crippen LogP contribution >= 0.6 is 0 Å². The molecule has 0 bridgehead atoms. The van der Waals surface area contributed by atoms with Crippen LogP contribution in [0.15, 0.2) is 16.3 Å². The Hall–Kier alpha value is -1.20. The van der Waals surface area contributed by atoms with Crippen LogP contribution in [0, 0.1) is 5.41 Å². The molecule has 1 N–H and O–H groups in total. The third-order valence-electron chi connectivity index (χ3n) is 5.73. The van der Waals surface area contributed by atoms with E-state index in [9.17, 15) is 9.90 Å². The minimum atomic E-state index is 0.0207. The minimum absolute atomic E-state index is 0.0207. The van der Waals surface area contributed by atoms with E-state index in [1.807, 2.05) is 0 Å². The summed E-state index contributed by atoms with van der Waals surface area (Å²) in [5.41, 5.74) is 0.448. The van der Waals surface area contributed by atoms with Crippen LogP contribution in [-0.4, -0.2) is 49.6 Å². The number of hydrogen-bond acceptors (Lipinski definition) is 5. The molecule has 5 nitrogen and oxygen atoms in total. The van der Waals surface area contributed by atoms with Crippen molar-refractivity contribution in [2.45, 2.75) is 70.3 Å². The Balaban J connectivity index is 1.39. The molecule has 1 aliphatic heterocycles. The van der Waals surface area contributed by atoms with E-state index in [1.165, 1.54) is 19.3 Å². The zero-order valence-corrected chi connectivity index (χ0v) is 15.2. The van der Waals surface area contributed by atoms with Crippen LogP contribution in [0.3, 0.4) is 0 Å². The van der Waals surface area contributed by atoms with Gasteiger partial charge in [0.25, 0.3) is 0 Å². The monoisotopic (exact) mass is 349 g/mol. The number of aliphatic imine (C=N–C) groups is 1. The average Bonchev–Trinajstić information content (AvgIpc) is 3.10. The Kier molecular flexibility index (Phi) is 6.65. The van der Waals surface area contributed by atoms with Gasteiger partial charge in [-0.05, 0) is 37.5 Å². The van der Waals surface area contributed by atoms with Crippen molar-refractivity contribution < 1.29 is 19.4 Å². The first kappa shape index (κ1) is 18.6. The fourth-order valence-electron chi connectivity index (χ4n) is 4.32. The summed E-state index contributed by atoms with van der Waals surface area (Å²) >= 11 is 0. The highest BCUT2D eigenvalue weighted by atomic mass is 16.5. The Morgan fingerprint density at radius 2 is 2.08 bits per heavy atom. The molecule has 0 amide bonds. The summed E-state index contributed by atoms with van der Waals surface area (Å²) in [6.45, 7) is 2.78. The highest BCUT2D eigenvalue weighted by Crippen LogP contribution is 2.47. The van der Waals surface area contributed by atoms with Crippen LogP contribution in [-0.2, 0) is 14.3 Å². The number of ketones is 1. The zero-order valence-electron chi connectivity index (χ0n) is 15.2. The molecule has 0 aromatic heterocycles. The summed E-state index contributed by atoms with van der Waals surface area (Å²) in [6.07, 6.45) is 11.8. The topological polar surface area (TPSA) is 68.1 Å². The van der Waals surface area contributed by atoms with Gasteiger partial charge in [0.1, 0.15) is 5.76 Å². The molecule has 0 aromatic rings. The van der Waals surface area contributed by atoms with Gasteiger partial charge in [-0.1, -0.05) is 19.3 Å². The number of allylic oxidation sites excluding steroid dienone is 2. The third kappa shape index (κ3) is 5.14. The maximum atomic E-state index is 12.4. The summed E-state index contributed by atoms with van der Waals surface area (Å²) in [5, 5.41) is 10.3. The molecule has 1 saturated carbocycles. The number of hydrogen-bond donors (Lipinski definition) is 1. The predicted molar refractivity (Wildman–Crippen MR) is 97.2 cm³/mol. The van der Waals surface area contributed by atoms with E-state index in [1.54, 1.807) is 6.21 Å². The van der Waals surface area contributed by atoms with Crippen molar-refractivity contribution in [2.24, 2.45) is 10.4 Å². The van der Waals surface area contributed by atoms with E-state index in [2.05, 4.69) is 4.99 Å². The van der Waals surface area contributed by atoms with Gasteiger partial charge in [-0.25, -0.2) is 0 Å². The molecular formula is C20H31NO4. The molecule has 1 heterocycles. The van der Waals surface area contributed by atoms with Crippen LogP contribution in [0.1, 0.15) is 64.2 Å². The fourth-order valence-corrected chi connectivity index (χ4v) is 4.32. The van der Waals surface area contributed by atoms with Crippen molar-refractivity contribution in [3.8, 4) is 0 Å². The summed E-state index contributed by atoms with van der Waals surface area (Å²) < 4.78 is 11.1. The number of aliphatic hydroxyl groups excluding tert-OH is 1. The maximum Gasteiger partial charge on any atom is 0.168 e. The van der Waals surface area contributed by atoms with E-state index >= 15 is 0 Å². The van der Waals surface area contributed by atoms with Crippen molar-refractivity contribution in [3.63, 3.8) is 0 Å². The quantitative estimate of drug-likeness (QED) is 0.561. The highest BCUT2D eigenvalue weighted by Gasteiger charge is 2.40. The molecule has 5 heteroatoms. The van der Waals surface area contributed by atoms with Gasteiger partial charge in [-0.3, -0.25) is 9.79 Å². The lowest BCUT2D eigenvalue weighted by molar-refractivity contribution is -0.119. The van der Waals surface area contributed by atoms with Crippen LogP contribution in [0.25, 0.3) is 0 Å². The van der Waals surface area contributed by atoms with Gasteiger partial charge >= 0.3 is 0 Å². The highest BCUT2D eigenvalue weighted by molar-refractivity contribution is 6.14. The first-order valence-corrected chi connectivity index (χ1v) is 9.83. The van der Waals surface area contributed by atoms with E-state index in [4.69, 9.17) is 9.47 Å². The maximum absolute atomic E-state index is 12.4. The van der Waals surface area contributed by atoms with Gasteiger partial charge in [0.15, 0.2) is 5.78 Å². The van der Waals surface area contributed by atoms with Gasteiger partial charge in [0, 0.05) is 38.8 Å². The van der Waals surface area contributed by atoms with Crippen molar-refractivity contribution in [2.75, 3.05) is 26.4 Å². The van der Waals surface area contributed by atoms with Crippen molar-refractivity contribution in [1.82, 2.24) is 0 Å². The molecular weight excluding hydrogens is 318 g/mol. The van der Waals surface area contributed by atoms with Crippen LogP contribution in [0.2, 0.25) is 0 Å². The normalized spacial score (nSPS) is 26.9. The van der Waals surface area contributed by atoms with E-state index < -0.39 is 0 Å². The molecule has 1 saturated heterocycles. The second-order valence-corrected chi connectivity index (χ2v) is 7.80. The average molecular weight is 349 g/mol. The number of rotatable bonds is 7. The van der Waals surface area contributed by atoms with Gasteiger partial charge < -0.3 is 14.6 Å². The van der Waals surface area contributed by atoms with Crippen LogP contribution in [0.4, 0.5) is 0 Å². The second-order valence-electron chi connectivity index (χ2n) is 7.80. The van der Waals surface area contributed by atoms with Gasteiger partial charge in [0.05, 0.1) is 18.3 Å². The number of nitrogens with zero attached hydrogens (tertiary/aromatic N) is 1. The molecule has 2 aliphatic carbocycles. The predicted octanol–water partition coefficient (Wildman–Crippen LogP) is 3.77. The summed E-state index contributed by atoms with van der Waals surface area (Å²) in [4.78, 5) is 16.8. The van der Waals surface area contributed by atoms with Gasteiger partial charge in [-0.2, -0.15) is 0 Å². The summed E-state index contributed by atoms with van der Waals surface area (Å²) in [6, 6.07) is 0. The zero-order chi connectivity index (χ0) is 17.5. The Labute approximate surface area is 150 Å². The van der Waals surface area contributed by atoms with Crippen LogP contribution in [0.5, 0.6) is 0 Å². The smallest absolute Gasteiger partial charge is 0.168 e. The Morgan fingerprint density at radius 3 is 2.80 bits per heavy atom. The lowest BCUT2D eigenvalue weighted by atomic mass is 9.65.